The van der Waals surface area contributed by atoms with Crippen LogP contribution in [0.4, 0.5) is 0 Å². The molecule has 0 radical (unpaired) electrons. The van der Waals surface area contributed by atoms with Gasteiger partial charge in [-0.2, -0.15) is 0 Å². The van der Waals surface area contributed by atoms with Gasteiger partial charge in [0.1, 0.15) is 0 Å². The number of aryl methyl sites for hydroxylation is 1. The van der Waals surface area contributed by atoms with Crippen LogP contribution in [-0.4, -0.2) is 27.3 Å². The lowest BCUT2D eigenvalue weighted by Gasteiger charge is -2.13. The van der Waals surface area contributed by atoms with Crippen LogP contribution in [0.5, 0.6) is 0 Å². The third-order valence-electron chi connectivity index (χ3n) is 3.05. The lowest BCUT2D eigenvalue weighted by atomic mass is 10.2. The van der Waals surface area contributed by atoms with Gasteiger partial charge in [-0.1, -0.05) is 36.0 Å². The minimum Gasteiger partial charge on any atom is -0.352 e. The molecule has 1 N–H and O–H groups in total. The first-order chi connectivity index (χ1) is 10.1. The molecule has 0 aliphatic carbocycles. The number of benzene rings is 1. The molecule has 0 fully saturated rings. The van der Waals surface area contributed by atoms with Gasteiger partial charge in [-0.15, -0.1) is 6.58 Å². The maximum Gasteiger partial charge on any atom is 0.233 e. The Morgan fingerprint density at radius 1 is 1.52 bits per heavy atom. The Morgan fingerprint density at radius 2 is 2.29 bits per heavy atom. The normalized spacial score (nSPS) is 11.9. The van der Waals surface area contributed by atoms with Gasteiger partial charge in [0.05, 0.1) is 10.9 Å². The summed E-state index contributed by atoms with van der Waals surface area (Å²) in [5, 5.41) is 3.40. The molecule has 2 aromatic rings. The highest BCUT2D eigenvalue weighted by Gasteiger charge is 2.17. The quantitative estimate of drug-likeness (QED) is 0.659. The molecule has 110 valence electrons. The summed E-state index contributed by atoms with van der Waals surface area (Å²) in [4.78, 5) is 16.3. The van der Waals surface area contributed by atoms with Crippen molar-refractivity contribution in [2.24, 2.45) is 0 Å². The van der Waals surface area contributed by atoms with Gasteiger partial charge in [0.15, 0.2) is 5.16 Å². The van der Waals surface area contributed by atoms with Crippen LogP contribution >= 0.6 is 11.8 Å². The van der Waals surface area contributed by atoms with E-state index in [1.165, 1.54) is 17.3 Å². The summed E-state index contributed by atoms with van der Waals surface area (Å²) in [5.41, 5.74) is 2.25. The second kappa shape index (κ2) is 7.13. The van der Waals surface area contributed by atoms with E-state index in [1.54, 1.807) is 12.3 Å². The van der Waals surface area contributed by atoms with E-state index < -0.39 is 0 Å². The first-order valence-corrected chi connectivity index (χ1v) is 7.66. The van der Waals surface area contributed by atoms with Crippen LogP contribution in [0, 0.1) is 6.92 Å². The number of hydrogen-bond acceptors (Lipinski definition) is 3. The Morgan fingerprint density at radius 3 is 3.00 bits per heavy atom. The van der Waals surface area contributed by atoms with E-state index in [2.05, 4.69) is 29.9 Å². The number of carbonyl (C=O) groups is 1. The van der Waals surface area contributed by atoms with Crippen LogP contribution in [-0.2, 0) is 4.79 Å². The summed E-state index contributed by atoms with van der Waals surface area (Å²) < 4.78 is 2.01. The monoisotopic (exact) mass is 301 g/mol. The molecule has 0 saturated heterocycles. The van der Waals surface area contributed by atoms with E-state index in [0.717, 1.165) is 10.8 Å². The van der Waals surface area contributed by atoms with Crippen molar-refractivity contribution in [3.63, 3.8) is 0 Å². The van der Waals surface area contributed by atoms with Gasteiger partial charge >= 0.3 is 0 Å². The molecule has 1 heterocycles. The molecule has 0 aliphatic heterocycles. The first-order valence-electron chi connectivity index (χ1n) is 6.78. The number of nitrogens with zero attached hydrogens (tertiary/aromatic N) is 2. The number of thioether (sulfide) groups is 1. The van der Waals surface area contributed by atoms with Gasteiger partial charge in [0, 0.05) is 18.9 Å². The number of amides is 1. The summed E-state index contributed by atoms with van der Waals surface area (Å²) in [7, 11) is 0. The van der Waals surface area contributed by atoms with Crippen molar-refractivity contribution in [1.82, 2.24) is 14.9 Å². The largest absolute Gasteiger partial charge is 0.352 e. The molecule has 1 aromatic carbocycles. The molecule has 2 rings (SSSR count). The molecule has 1 unspecified atom stereocenters. The summed E-state index contributed by atoms with van der Waals surface area (Å²) >= 11 is 1.44. The lowest BCUT2D eigenvalue weighted by Crippen LogP contribution is -2.31. The molecular formula is C16H19N3OS. The standard InChI is InChI=1S/C16H19N3OS/c1-4-9-17-15(20)13(3)21-16-18-10-11-19(16)14-8-6-5-7-12(14)2/h4-8,10-11,13H,1,9H2,2-3H3,(H,17,20). The van der Waals surface area contributed by atoms with Crippen LogP contribution in [0.2, 0.25) is 0 Å². The van der Waals surface area contributed by atoms with E-state index in [9.17, 15) is 4.79 Å². The molecule has 0 bridgehead atoms. The fraction of sp³-hybridized carbons (Fsp3) is 0.250. The highest BCUT2D eigenvalue weighted by Crippen LogP contribution is 2.25. The number of aromatic nitrogens is 2. The van der Waals surface area contributed by atoms with Crippen molar-refractivity contribution in [1.29, 1.82) is 0 Å². The molecule has 1 atom stereocenters. The SMILES string of the molecule is C=CCNC(=O)C(C)Sc1nccn1-c1ccccc1C. The summed E-state index contributed by atoms with van der Waals surface area (Å²) in [5.74, 6) is -0.0146. The zero-order chi connectivity index (χ0) is 15.2. The third kappa shape index (κ3) is 3.76. The van der Waals surface area contributed by atoms with Gasteiger partial charge in [0.25, 0.3) is 0 Å². The van der Waals surface area contributed by atoms with Crippen molar-refractivity contribution in [3.05, 3.63) is 54.9 Å². The predicted molar refractivity (Wildman–Crippen MR) is 86.8 cm³/mol. The van der Waals surface area contributed by atoms with E-state index in [0.29, 0.717) is 6.54 Å². The molecule has 0 spiro atoms. The highest BCUT2D eigenvalue weighted by atomic mass is 32.2. The van der Waals surface area contributed by atoms with E-state index >= 15 is 0 Å². The third-order valence-corrected chi connectivity index (χ3v) is 4.13. The van der Waals surface area contributed by atoms with Gasteiger partial charge < -0.3 is 5.32 Å². The van der Waals surface area contributed by atoms with Gasteiger partial charge in [-0.05, 0) is 25.5 Å². The summed E-state index contributed by atoms with van der Waals surface area (Å²) in [6.07, 6.45) is 5.34. The number of para-hydroxylation sites is 1. The number of hydrogen-bond donors (Lipinski definition) is 1. The smallest absolute Gasteiger partial charge is 0.233 e. The molecule has 1 amide bonds. The van der Waals surface area contributed by atoms with Crippen molar-refractivity contribution >= 4 is 17.7 Å². The Hall–Kier alpha value is -2.01. The lowest BCUT2D eigenvalue weighted by molar-refractivity contribution is -0.120. The second-order valence-electron chi connectivity index (χ2n) is 4.66. The maximum atomic E-state index is 11.9. The van der Waals surface area contributed by atoms with E-state index in [1.807, 2.05) is 35.9 Å². The number of carbonyl (C=O) groups excluding carboxylic acids is 1. The Balaban J connectivity index is 2.16. The Kier molecular flexibility index (Phi) is 5.22. The molecule has 21 heavy (non-hydrogen) atoms. The van der Waals surface area contributed by atoms with Crippen LogP contribution in [0.25, 0.3) is 5.69 Å². The molecule has 5 heteroatoms. The predicted octanol–water partition coefficient (Wildman–Crippen LogP) is 2.96. The zero-order valence-corrected chi connectivity index (χ0v) is 13.1. The van der Waals surface area contributed by atoms with Crippen molar-refractivity contribution < 1.29 is 4.79 Å². The fourth-order valence-corrected chi connectivity index (χ4v) is 2.82. The molecule has 0 saturated carbocycles. The average Bonchev–Trinajstić information content (AvgIpc) is 2.93. The summed E-state index contributed by atoms with van der Waals surface area (Å²) in [6, 6.07) is 8.11. The molecule has 1 aromatic heterocycles. The van der Waals surface area contributed by atoms with Crippen LogP contribution in [0.15, 0.2) is 54.5 Å². The first kappa shape index (κ1) is 15.4. The van der Waals surface area contributed by atoms with Gasteiger partial charge in [-0.3, -0.25) is 9.36 Å². The maximum absolute atomic E-state index is 11.9. The van der Waals surface area contributed by atoms with E-state index in [-0.39, 0.29) is 11.2 Å². The van der Waals surface area contributed by atoms with Crippen LogP contribution < -0.4 is 5.32 Å². The van der Waals surface area contributed by atoms with Gasteiger partial charge in [-0.25, -0.2) is 4.98 Å². The van der Waals surface area contributed by atoms with Crippen LogP contribution in [0.1, 0.15) is 12.5 Å². The topological polar surface area (TPSA) is 46.9 Å². The number of rotatable bonds is 6. The minimum atomic E-state index is -0.213. The van der Waals surface area contributed by atoms with Crippen molar-refractivity contribution in [3.8, 4) is 5.69 Å². The van der Waals surface area contributed by atoms with E-state index in [4.69, 9.17) is 0 Å². The minimum absolute atomic E-state index is 0.0146. The van der Waals surface area contributed by atoms with Crippen molar-refractivity contribution in [2.75, 3.05) is 6.54 Å². The Labute approximate surface area is 129 Å². The molecular weight excluding hydrogens is 282 g/mol. The van der Waals surface area contributed by atoms with Gasteiger partial charge in [0.2, 0.25) is 5.91 Å². The van der Waals surface area contributed by atoms with Crippen molar-refractivity contribution in [2.45, 2.75) is 24.3 Å². The number of nitrogens with one attached hydrogen (secondary N) is 1. The summed E-state index contributed by atoms with van der Waals surface area (Å²) in [6.45, 7) is 8.01. The Bertz CT molecular complexity index is 636. The number of imidazole rings is 1. The fourth-order valence-electron chi connectivity index (χ4n) is 1.92. The molecule has 4 nitrogen and oxygen atoms in total. The zero-order valence-electron chi connectivity index (χ0n) is 12.2. The highest BCUT2D eigenvalue weighted by molar-refractivity contribution is 8.00. The molecule has 0 aliphatic rings. The van der Waals surface area contributed by atoms with Crippen LogP contribution in [0.3, 0.4) is 0 Å². The average molecular weight is 301 g/mol. The second-order valence-corrected chi connectivity index (χ2v) is 5.97.